The summed E-state index contributed by atoms with van der Waals surface area (Å²) in [4.78, 5) is 10.7. The van der Waals surface area contributed by atoms with Crippen molar-refractivity contribution in [3.05, 3.63) is 0 Å². The molecule has 1 heterocycles. The highest BCUT2D eigenvalue weighted by atomic mass is 16.7. The predicted octanol–water partition coefficient (Wildman–Crippen LogP) is -1.25. The van der Waals surface area contributed by atoms with E-state index in [0.717, 1.165) is 6.42 Å². The summed E-state index contributed by atoms with van der Waals surface area (Å²) in [6.07, 6.45) is -3.27. The van der Waals surface area contributed by atoms with Crippen molar-refractivity contribution in [1.29, 1.82) is 0 Å². The van der Waals surface area contributed by atoms with E-state index in [1.165, 1.54) is 6.92 Å². The van der Waals surface area contributed by atoms with Crippen LogP contribution in [0.4, 0.5) is 0 Å². The summed E-state index contributed by atoms with van der Waals surface area (Å²) in [5, 5.41) is 19.5. The van der Waals surface area contributed by atoms with Crippen LogP contribution >= 0.6 is 0 Å². The van der Waals surface area contributed by atoms with Gasteiger partial charge in [-0.2, -0.15) is 0 Å². The van der Waals surface area contributed by atoms with Crippen molar-refractivity contribution in [2.75, 3.05) is 13.2 Å². The number of ether oxygens (including phenoxy) is 3. The molecule has 0 spiro atoms. The Morgan fingerprint density at radius 1 is 1.39 bits per heavy atom. The maximum Gasteiger partial charge on any atom is 0.302 e. The molecule has 1 aliphatic heterocycles. The van der Waals surface area contributed by atoms with Crippen molar-refractivity contribution >= 4 is 5.97 Å². The molecule has 4 N–H and O–H groups in total. The zero-order chi connectivity index (χ0) is 13.7. The summed E-state index contributed by atoms with van der Waals surface area (Å²) >= 11 is 0. The van der Waals surface area contributed by atoms with Gasteiger partial charge in [0.1, 0.15) is 24.9 Å². The molecule has 0 saturated carbocycles. The normalized spacial score (nSPS) is 36.4. The van der Waals surface area contributed by atoms with Gasteiger partial charge in [-0.25, -0.2) is 0 Å². The van der Waals surface area contributed by atoms with Crippen molar-refractivity contribution in [2.45, 2.75) is 50.9 Å². The fourth-order valence-corrected chi connectivity index (χ4v) is 1.67. The van der Waals surface area contributed by atoms with Gasteiger partial charge in [-0.3, -0.25) is 4.79 Å². The molecule has 0 bridgehead atoms. The summed E-state index contributed by atoms with van der Waals surface area (Å²) in [7, 11) is 0. The van der Waals surface area contributed by atoms with Crippen LogP contribution in [0.25, 0.3) is 0 Å². The Balaban J connectivity index is 2.58. The van der Waals surface area contributed by atoms with Gasteiger partial charge in [-0.1, -0.05) is 6.92 Å². The smallest absolute Gasteiger partial charge is 0.302 e. The summed E-state index contributed by atoms with van der Waals surface area (Å²) in [6, 6.07) is -0.833. The average Bonchev–Trinajstić information content (AvgIpc) is 2.34. The number of carbonyl (C=O) groups excluding carboxylic acids is 1. The molecule has 5 unspecified atom stereocenters. The Hall–Kier alpha value is -0.730. The predicted molar refractivity (Wildman–Crippen MR) is 61.5 cm³/mol. The van der Waals surface area contributed by atoms with Crippen LogP contribution < -0.4 is 5.73 Å². The summed E-state index contributed by atoms with van der Waals surface area (Å²) in [5.74, 6) is -0.485. The van der Waals surface area contributed by atoms with Crippen LogP contribution in [0.5, 0.6) is 0 Å². The summed E-state index contributed by atoms with van der Waals surface area (Å²) < 4.78 is 15.5. The third kappa shape index (κ3) is 3.89. The van der Waals surface area contributed by atoms with Crippen LogP contribution in [0.2, 0.25) is 0 Å². The van der Waals surface area contributed by atoms with Gasteiger partial charge in [-0.05, 0) is 6.42 Å². The molecule has 0 amide bonds. The fraction of sp³-hybridized carbons (Fsp3) is 0.909. The number of carbonyl (C=O) groups is 1. The Kier molecular flexibility index (Phi) is 5.97. The number of aliphatic hydroxyl groups is 2. The molecule has 7 nitrogen and oxygen atoms in total. The van der Waals surface area contributed by atoms with E-state index in [2.05, 4.69) is 0 Å². The third-order valence-electron chi connectivity index (χ3n) is 2.69. The zero-order valence-electron chi connectivity index (χ0n) is 10.6. The number of nitrogens with two attached hydrogens (primary N) is 1. The second-order valence-corrected chi connectivity index (χ2v) is 4.27. The topological polar surface area (TPSA) is 111 Å². The van der Waals surface area contributed by atoms with Crippen molar-refractivity contribution < 1.29 is 29.2 Å². The summed E-state index contributed by atoms with van der Waals surface area (Å²) in [5.41, 5.74) is 5.70. The number of hydrogen-bond donors (Lipinski definition) is 3. The molecule has 0 aromatic rings. The van der Waals surface area contributed by atoms with E-state index >= 15 is 0 Å². The number of hydrogen-bond acceptors (Lipinski definition) is 7. The Labute approximate surface area is 106 Å². The van der Waals surface area contributed by atoms with Crippen LogP contribution in [0.1, 0.15) is 20.3 Å². The van der Waals surface area contributed by atoms with E-state index in [0.29, 0.717) is 6.61 Å². The SMILES string of the molecule is CCCOC1OC(COC(C)=O)C(O)C(O)C1N. The molecule has 106 valence electrons. The van der Waals surface area contributed by atoms with Gasteiger partial charge in [0.05, 0.1) is 6.04 Å². The van der Waals surface area contributed by atoms with E-state index in [1.54, 1.807) is 0 Å². The van der Waals surface area contributed by atoms with E-state index in [1.807, 2.05) is 6.92 Å². The standard InChI is InChI=1S/C11H21NO6/c1-3-4-16-11-8(12)10(15)9(14)7(18-11)5-17-6(2)13/h7-11,14-15H,3-5,12H2,1-2H3. The van der Waals surface area contributed by atoms with Crippen molar-refractivity contribution in [1.82, 2.24) is 0 Å². The second-order valence-electron chi connectivity index (χ2n) is 4.27. The first kappa shape index (κ1) is 15.3. The van der Waals surface area contributed by atoms with Crippen LogP contribution in [0.3, 0.4) is 0 Å². The minimum absolute atomic E-state index is 0.147. The van der Waals surface area contributed by atoms with E-state index in [-0.39, 0.29) is 6.61 Å². The quantitative estimate of drug-likeness (QED) is 0.531. The molecule has 0 aromatic heterocycles. The number of aliphatic hydroxyl groups excluding tert-OH is 2. The zero-order valence-corrected chi connectivity index (χ0v) is 10.6. The number of esters is 1. The van der Waals surface area contributed by atoms with E-state index < -0.39 is 36.6 Å². The lowest BCUT2D eigenvalue weighted by molar-refractivity contribution is -0.266. The third-order valence-corrected chi connectivity index (χ3v) is 2.69. The fourth-order valence-electron chi connectivity index (χ4n) is 1.67. The van der Waals surface area contributed by atoms with Crippen LogP contribution in [0, 0.1) is 0 Å². The monoisotopic (exact) mass is 263 g/mol. The minimum atomic E-state index is -1.21. The maximum atomic E-state index is 10.7. The maximum absolute atomic E-state index is 10.7. The van der Waals surface area contributed by atoms with Crippen molar-refractivity contribution in [3.8, 4) is 0 Å². The van der Waals surface area contributed by atoms with Gasteiger partial charge in [0.2, 0.25) is 0 Å². The summed E-state index contributed by atoms with van der Waals surface area (Å²) in [6.45, 7) is 3.46. The lowest BCUT2D eigenvalue weighted by Gasteiger charge is -2.40. The highest BCUT2D eigenvalue weighted by Crippen LogP contribution is 2.21. The average molecular weight is 263 g/mol. The van der Waals surface area contributed by atoms with E-state index in [9.17, 15) is 15.0 Å². The van der Waals surface area contributed by atoms with Gasteiger partial charge in [-0.15, -0.1) is 0 Å². The molecular formula is C11H21NO6. The molecule has 0 aromatic carbocycles. The molecule has 5 atom stereocenters. The lowest BCUT2D eigenvalue weighted by Crippen LogP contribution is -2.62. The van der Waals surface area contributed by atoms with Gasteiger partial charge in [0, 0.05) is 13.5 Å². The molecule has 7 heteroatoms. The highest BCUT2D eigenvalue weighted by molar-refractivity contribution is 5.65. The van der Waals surface area contributed by atoms with E-state index in [4.69, 9.17) is 19.9 Å². The molecular weight excluding hydrogens is 242 g/mol. The Morgan fingerprint density at radius 2 is 2.06 bits per heavy atom. The van der Waals surface area contributed by atoms with Crippen molar-refractivity contribution in [2.24, 2.45) is 5.73 Å². The second kappa shape index (κ2) is 7.01. The van der Waals surface area contributed by atoms with Crippen LogP contribution in [-0.4, -0.2) is 60.0 Å². The minimum Gasteiger partial charge on any atom is -0.463 e. The molecule has 1 fully saturated rings. The molecule has 1 rings (SSSR count). The molecule has 1 aliphatic rings. The van der Waals surface area contributed by atoms with Crippen LogP contribution in [-0.2, 0) is 19.0 Å². The molecule has 0 aliphatic carbocycles. The Bertz CT molecular complexity index is 274. The first-order valence-electron chi connectivity index (χ1n) is 5.99. The van der Waals surface area contributed by atoms with Crippen LogP contribution in [0.15, 0.2) is 0 Å². The van der Waals surface area contributed by atoms with Gasteiger partial charge in [0.25, 0.3) is 0 Å². The molecule has 0 radical (unpaired) electrons. The first-order chi connectivity index (χ1) is 8.47. The number of rotatable bonds is 5. The molecule has 18 heavy (non-hydrogen) atoms. The lowest BCUT2D eigenvalue weighted by atomic mass is 9.98. The van der Waals surface area contributed by atoms with Gasteiger partial charge >= 0.3 is 5.97 Å². The van der Waals surface area contributed by atoms with Gasteiger partial charge < -0.3 is 30.2 Å². The first-order valence-corrected chi connectivity index (χ1v) is 5.99. The van der Waals surface area contributed by atoms with Crippen molar-refractivity contribution in [3.63, 3.8) is 0 Å². The van der Waals surface area contributed by atoms with Gasteiger partial charge in [0.15, 0.2) is 6.29 Å². The Morgan fingerprint density at radius 3 is 2.61 bits per heavy atom. The highest BCUT2D eigenvalue weighted by Gasteiger charge is 2.43. The molecule has 1 saturated heterocycles. The largest absolute Gasteiger partial charge is 0.463 e.